The van der Waals surface area contributed by atoms with Gasteiger partial charge < -0.3 is 20.4 Å². The van der Waals surface area contributed by atoms with Crippen LogP contribution in [-0.4, -0.2) is 45.3 Å². The molecule has 8 nitrogen and oxygen atoms in total. The van der Waals surface area contributed by atoms with E-state index in [2.05, 4.69) is 15.6 Å². The molecule has 3 amide bonds. The summed E-state index contributed by atoms with van der Waals surface area (Å²) in [5.41, 5.74) is 2.94. The van der Waals surface area contributed by atoms with Crippen LogP contribution in [0.5, 0.6) is 5.75 Å². The fourth-order valence-corrected chi connectivity index (χ4v) is 3.80. The van der Waals surface area contributed by atoms with Crippen LogP contribution in [0, 0.1) is 0 Å². The van der Waals surface area contributed by atoms with Crippen LogP contribution in [0.2, 0.25) is 0 Å². The maximum Gasteiger partial charge on any atom is 0.407 e. The summed E-state index contributed by atoms with van der Waals surface area (Å²) < 4.78 is 0. The van der Waals surface area contributed by atoms with Crippen LogP contribution in [0.1, 0.15) is 29.9 Å². The van der Waals surface area contributed by atoms with Crippen LogP contribution < -0.4 is 10.6 Å². The summed E-state index contributed by atoms with van der Waals surface area (Å²) in [6.07, 6.45) is 0.712. The van der Waals surface area contributed by atoms with Gasteiger partial charge in [0.05, 0.1) is 5.69 Å². The standard InChI is InChI=1S/C19H20N4O4/c24-16-6-2-1-5-12(16)15-8-13(11-4-3-7-23(10-11)19(26)27)14-9-20-18(25)22-17(14)21-15/h1-2,5-6,8,11,24H,3-4,7,9-10H2,(H,26,27)(H2,20,21,22,25). The van der Waals surface area contributed by atoms with Gasteiger partial charge in [-0.15, -0.1) is 0 Å². The smallest absolute Gasteiger partial charge is 0.407 e. The largest absolute Gasteiger partial charge is 0.507 e. The molecule has 1 atom stereocenters. The summed E-state index contributed by atoms with van der Waals surface area (Å²) in [7, 11) is 0. The molecular formula is C19H20N4O4. The second kappa shape index (κ2) is 6.79. The molecule has 2 aliphatic rings. The molecule has 1 saturated heterocycles. The zero-order valence-corrected chi connectivity index (χ0v) is 14.6. The maximum atomic E-state index is 11.8. The molecule has 2 aliphatic heterocycles. The second-order valence-corrected chi connectivity index (χ2v) is 6.82. The zero-order chi connectivity index (χ0) is 19.0. The number of pyridine rings is 1. The number of phenols is 1. The number of aromatic hydroxyl groups is 1. The van der Waals surface area contributed by atoms with Crippen LogP contribution >= 0.6 is 0 Å². The highest BCUT2D eigenvalue weighted by Crippen LogP contribution is 2.37. The van der Waals surface area contributed by atoms with Crippen LogP contribution in [-0.2, 0) is 6.54 Å². The van der Waals surface area contributed by atoms with Crippen molar-refractivity contribution in [2.24, 2.45) is 0 Å². The summed E-state index contributed by atoms with van der Waals surface area (Å²) in [5, 5.41) is 25.0. The molecule has 8 heteroatoms. The molecule has 0 spiro atoms. The Hall–Kier alpha value is -3.29. The van der Waals surface area contributed by atoms with Crippen molar-refractivity contribution in [1.82, 2.24) is 15.2 Å². The number of para-hydroxylation sites is 1. The minimum absolute atomic E-state index is 0.00741. The number of carbonyl (C=O) groups excluding carboxylic acids is 1. The third-order valence-corrected chi connectivity index (χ3v) is 5.13. The van der Waals surface area contributed by atoms with E-state index in [4.69, 9.17) is 0 Å². The van der Waals surface area contributed by atoms with Gasteiger partial charge in [-0.25, -0.2) is 14.6 Å². The lowest BCUT2D eigenvalue weighted by molar-refractivity contribution is 0.130. The first kappa shape index (κ1) is 17.1. The normalized spacial score (nSPS) is 19.0. The first-order valence-corrected chi connectivity index (χ1v) is 8.88. The first-order chi connectivity index (χ1) is 13.0. The summed E-state index contributed by atoms with van der Waals surface area (Å²) in [4.78, 5) is 29.1. The fraction of sp³-hybridized carbons (Fsp3) is 0.316. The molecule has 4 rings (SSSR count). The number of nitrogens with zero attached hydrogens (tertiary/aromatic N) is 2. The van der Waals surface area contributed by atoms with E-state index in [-0.39, 0.29) is 17.7 Å². The molecule has 0 radical (unpaired) electrons. The second-order valence-electron chi connectivity index (χ2n) is 6.82. The average Bonchev–Trinajstić information content (AvgIpc) is 2.67. The van der Waals surface area contributed by atoms with E-state index >= 15 is 0 Å². The summed E-state index contributed by atoms with van der Waals surface area (Å²) in [5.74, 6) is 0.571. The number of urea groups is 1. The van der Waals surface area contributed by atoms with Crippen LogP contribution in [0.25, 0.3) is 11.3 Å². The minimum Gasteiger partial charge on any atom is -0.507 e. The quantitative estimate of drug-likeness (QED) is 0.651. The van der Waals surface area contributed by atoms with E-state index < -0.39 is 6.09 Å². The third kappa shape index (κ3) is 3.25. The van der Waals surface area contributed by atoms with Crippen molar-refractivity contribution >= 4 is 17.9 Å². The van der Waals surface area contributed by atoms with Crippen LogP contribution in [0.15, 0.2) is 30.3 Å². The molecule has 0 aliphatic carbocycles. The number of piperidine rings is 1. The Labute approximate surface area is 155 Å². The average molecular weight is 368 g/mol. The molecule has 1 aromatic carbocycles. The molecule has 1 fully saturated rings. The number of carbonyl (C=O) groups is 2. The van der Waals surface area contributed by atoms with Crippen LogP contribution in [0.4, 0.5) is 15.4 Å². The highest BCUT2D eigenvalue weighted by atomic mass is 16.4. The molecule has 1 aromatic heterocycles. The summed E-state index contributed by atoms with van der Waals surface area (Å²) >= 11 is 0. The number of anilines is 1. The lowest BCUT2D eigenvalue weighted by Gasteiger charge is -2.33. The van der Waals surface area contributed by atoms with Crippen LogP contribution in [0.3, 0.4) is 0 Å². The summed E-state index contributed by atoms with van der Waals surface area (Å²) in [6, 6.07) is 8.47. The number of fused-ring (bicyclic) bond motifs is 1. The van der Waals surface area contributed by atoms with Gasteiger partial charge in [-0.05, 0) is 36.6 Å². The Kier molecular flexibility index (Phi) is 4.31. The van der Waals surface area contributed by atoms with Gasteiger partial charge in [-0.1, -0.05) is 12.1 Å². The third-order valence-electron chi connectivity index (χ3n) is 5.13. The van der Waals surface area contributed by atoms with Gasteiger partial charge in [-0.3, -0.25) is 5.32 Å². The van der Waals surface area contributed by atoms with Crippen molar-refractivity contribution in [2.75, 3.05) is 18.4 Å². The summed E-state index contributed by atoms with van der Waals surface area (Å²) in [6.45, 7) is 1.27. The number of likely N-dealkylation sites (tertiary alicyclic amines) is 1. The maximum absolute atomic E-state index is 11.8. The monoisotopic (exact) mass is 368 g/mol. The van der Waals surface area contributed by atoms with Gasteiger partial charge in [0, 0.05) is 36.7 Å². The molecule has 3 heterocycles. The van der Waals surface area contributed by atoms with E-state index in [1.807, 2.05) is 12.1 Å². The Morgan fingerprint density at radius 2 is 2.11 bits per heavy atom. The van der Waals surface area contributed by atoms with Crippen molar-refractivity contribution in [3.05, 3.63) is 41.5 Å². The lowest BCUT2D eigenvalue weighted by atomic mass is 9.86. The predicted molar refractivity (Wildman–Crippen MR) is 98.8 cm³/mol. The molecule has 0 bridgehead atoms. The first-order valence-electron chi connectivity index (χ1n) is 8.88. The number of rotatable bonds is 2. The Bertz CT molecular complexity index is 915. The molecule has 1 unspecified atom stereocenters. The van der Waals surface area contributed by atoms with Crippen molar-refractivity contribution in [2.45, 2.75) is 25.3 Å². The predicted octanol–water partition coefficient (Wildman–Crippen LogP) is 2.95. The van der Waals surface area contributed by atoms with Gasteiger partial charge in [0.25, 0.3) is 0 Å². The Balaban J connectivity index is 1.81. The molecule has 140 valence electrons. The number of hydrogen-bond donors (Lipinski definition) is 4. The number of benzene rings is 1. The van der Waals surface area contributed by atoms with E-state index in [1.54, 1.807) is 18.2 Å². The number of hydrogen-bond acceptors (Lipinski definition) is 4. The highest BCUT2D eigenvalue weighted by molar-refractivity contribution is 5.92. The fourth-order valence-electron chi connectivity index (χ4n) is 3.80. The van der Waals surface area contributed by atoms with Gasteiger partial charge in [0.1, 0.15) is 11.6 Å². The molecular weight excluding hydrogens is 348 g/mol. The van der Waals surface area contributed by atoms with E-state index in [0.29, 0.717) is 36.7 Å². The Morgan fingerprint density at radius 3 is 2.89 bits per heavy atom. The zero-order valence-electron chi connectivity index (χ0n) is 14.6. The number of aromatic nitrogens is 1. The van der Waals surface area contributed by atoms with Gasteiger partial charge in [-0.2, -0.15) is 0 Å². The molecule has 0 saturated carbocycles. The minimum atomic E-state index is -0.921. The van der Waals surface area contributed by atoms with Gasteiger partial charge in [0.15, 0.2) is 0 Å². The lowest BCUT2D eigenvalue weighted by Crippen LogP contribution is -2.39. The molecule has 2 aromatic rings. The van der Waals surface area contributed by atoms with E-state index in [1.165, 1.54) is 4.90 Å². The number of carboxylic acid groups (broad SMARTS) is 1. The molecule has 27 heavy (non-hydrogen) atoms. The molecule has 4 N–H and O–H groups in total. The topological polar surface area (TPSA) is 115 Å². The van der Waals surface area contributed by atoms with Crippen molar-refractivity contribution in [1.29, 1.82) is 0 Å². The van der Waals surface area contributed by atoms with E-state index in [9.17, 15) is 19.8 Å². The van der Waals surface area contributed by atoms with E-state index in [0.717, 1.165) is 24.0 Å². The van der Waals surface area contributed by atoms with Crippen molar-refractivity contribution in [3.8, 4) is 17.0 Å². The highest BCUT2D eigenvalue weighted by Gasteiger charge is 2.29. The number of nitrogens with one attached hydrogen (secondary N) is 2. The Morgan fingerprint density at radius 1 is 1.30 bits per heavy atom. The number of amides is 3. The van der Waals surface area contributed by atoms with Crippen molar-refractivity contribution < 1.29 is 19.8 Å². The van der Waals surface area contributed by atoms with Gasteiger partial charge in [0.2, 0.25) is 0 Å². The number of phenolic OH excluding ortho intramolecular Hbond substituents is 1. The van der Waals surface area contributed by atoms with Crippen molar-refractivity contribution in [3.63, 3.8) is 0 Å². The van der Waals surface area contributed by atoms with Gasteiger partial charge >= 0.3 is 12.1 Å². The SMILES string of the molecule is O=C1NCc2c(C3CCCN(C(=O)O)C3)cc(-c3ccccc3O)nc2N1.